The fourth-order valence-electron chi connectivity index (χ4n) is 2.52. The summed E-state index contributed by atoms with van der Waals surface area (Å²) in [6.45, 7) is 3.24. The lowest BCUT2D eigenvalue weighted by molar-refractivity contribution is -0.274. The van der Waals surface area contributed by atoms with Gasteiger partial charge in [-0.1, -0.05) is 12.1 Å². The molecule has 0 spiro atoms. The van der Waals surface area contributed by atoms with Crippen molar-refractivity contribution in [3.05, 3.63) is 61.9 Å². The van der Waals surface area contributed by atoms with Gasteiger partial charge in [-0.05, 0) is 38.0 Å². The van der Waals surface area contributed by atoms with E-state index in [2.05, 4.69) is 20.0 Å². The highest BCUT2D eigenvalue weighted by molar-refractivity contribution is 5.76. The number of rotatable bonds is 6. The standard InChI is InChI=1S/C17H18F3N3O4/c1-9(11-3-5-12(6-4-11)27-17(18,19)20)21-14(24)8-7-13-10(2)22-16(26)23-15(13)25/h3-6,9H,7-8H2,1-2H3,(H,21,24)(H2,22,23,25,26)/t9-/m0/s1. The molecule has 146 valence electrons. The van der Waals surface area contributed by atoms with Gasteiger partial charge in [0.05, 0.1) is 6.04 Å². The molecular weight excluding hydrogens is 367 g/mol. The topological polar surface area (TPSA) is 104 Å². The number of amides is 1. The lowest BCUT2D eigenvalue weighted by Crippen LogP contribution is -2.30. The lowest BCUT2D eigenvalue weighted by Gasteiger charge is -2.15. The Bertz CT molecular complexity index is 917. The second-order valence-electron chi connectivity index (χ2n) is 5.92. The van der Waals surface area contributed by atoms with E-state index in [9.17, 15) is 27.6 Å². The molecule has 0 aliphatic rings. The summed E-state index contributed by atoms with van der Waals surface area (Å²) in [5.41, 5.74) is 0.140. The number of hydrogen-bond donors (Lipinski definition) is 3. The summed E-state index contributed by atoms with van der Waals surface area (Å²) < 4.78 is 40.2. The summed E-state index contributed by atoms with van der Waals surface area (Å²) in [5.74, 6) is -0.694. The van der Waals surface area contributed by atoms with Crippen LogP contribution in [-0.2, 0) is 11.2 Å². The van der Waals surface area contributed by atoms with Crippen LogP contribution in [0.1, 0.15) is 36.2 Å². The Morgan fingerprint density at radius 3 is 2.37 bits per heavy atom. The van der Waals surface area contributed by atoms with Crippen molar-refractivity contribution in [2.75, 3.05) is 0 Å². The van der Waals surface area contributed by atoms with E-state index in [0.717, 1.165) is 12.1 Å². The number of nitrogens with one attached hydrogen (secondary N) is 3. The minimum Gasteiger partial charge on any atom is -0.406 e. The SMILES string of the molecule is Cc1[nH]c(=O)[nH]c(=O)c1CCC(=O)N[C@@H](C)c1ccc(OC(F)(F)F)cc1. The van der Waals surface area contributed by atoms with Crippen LogP contribution in [0.25, 0.3) is 0 Å². The number of carbonyl (C=O) groups excluding carboxylic acids is 1. The van der Waals surface area contributed by atoms with Crippen molar-refractivity contribution < 1.29 is 22.7 Å². The van der Waals surface area contributed by atoms with Crippen molar-refractivity contribution in [2.24, 2.45) is 0 Å². The molecule has 0 fully saturated rings. The first-order valence-corrected chi connectivity index (χ1v) is 8.02. The molecule has 2 rings (SSSR count). The number of benzene rings is 1. The number of alkyl halides is 3. The van der Waals surface area contributed by atoms with E-state index < -0.39 is 23.7 Å². The number of H-pyrrole nitrogens is 2. The van der Waals surface area contributed by atoms with Gasteiger partial charge in [-0.25, -0.2) is 4.79 Å². The molecule has 0 aliphatic carbocycles. The molecule has 7 nitrogen and oxygen atoms in total. The summed E-state index contributed by atoms with van der Waals surface area (Å²) in [4.78, 5) is 39.5. The number of hydrogen-bond acceptors (Lipinski definition) is 4. The molecule has 1 heterocycles. The minimum absolute atomic E-state index is 0.00950. The van der Waals surface area contributed by atoms with Gasteiger partial charge in [-0.3, -0.25) is 14.6 Å². The zero-order valence-electron chi connectivity index (χ0n) is 14.6. The highest BCUT2D eigenvalue weighted by atomic mass is 19.4. The Morgan fingerprint density at radius 2 is 1.81 bits per heavy atom. The van der Waals surface area contributed by atoms with Gasteiger partial charge in [0.1, 0.15) is 5.75 Å². The molecule has 0 unspecified atom stereocenters. The molecular formula is C17H18F3N3O4. The average molecular weight is 385 g/mol. The van der Waals surface area contributed by atoms with E-state index in [1.165, 1.54) is 12.1 Å². The molecule has 0 radical (unpaired) electrons. The predicted octanol–water partition coefficient (Wildman–Crippen LogP) is 2.08. The van der Waals surface area contributed by atoms with E-state index in [1.54, 1.807) is 13.8 Å². The van der Waals surface area contributed by atoms with Crippen LogP contribution in [0.4, 0.5) is 13.2 Å². The molecule has 0 saturated carbocycles. The van der Waals surface area contributed by atoms with Crippen molar-refractivity contribution >= 4 is 5.91 Å². The number of carbonyl (C=O) groups is 1. The number of halogens is 3. The molecule has 1 aromatic carbocycles. The molecule has 3 N–H and O–H groups in total. The quantitative estimate of drug-likeness (QED) is 0.708. The van der Waals surface area contributed by atoms with Crippen LogP contribution < -0.4 is 21.3 Å². The van der Waals surface area contributed by atoms with Crippen LogP contribution >= 0.6 is 0 Å². The zero-order chi connectivity index (χ0) is 20.2. The third-order valence-electron chi connectivity index (χ3n) is 3.85. The maximum Gasteiger partial charge on any atom is 0.573 e. The lowest BCUT2D eigenvalue weighted by atomic mass is 10.1. The Labute approximate surface area is 151 Å². The molecule has 1 atom stereocenters. The van der Waals surface area contributed by atoms with Crippen molar-refractivity contribution in [1.82, 2.24) is 15.3 Å². The molecule has 10 heteroatoms. The van der Waals surface area contributed by atoms with Gasteiger partial charge in [-0.15, -0.1) is 13.2 Å². The van der Waals surface area contributed by atoms with Crippen LogP contribution in [0.15, 0.2) is 33.9 Å². The average Bonchev–Trinajstić information content (AvgIpc) is 2.52. The number of aromatic nitrogens is 2. The Hall–Kier alpha value is -3.04. The highest BCUT2D eigenvalue weighted by Gasteiger charge is 2.31. The number of aromatic amines is 2. The first kappa shape index (κ1) is 20.3. The predicted molar refractivity (Wildman–Crippen MR) is 90.4 cm³/mol. The monoisotopic (exact) mass is 385 g/mol. The van der Waals surface area contributed by atoms with Gasteiger partial charge in [0.25, 0.3) is 5.56 Å². The summed E-state index contributed by atoms with van der Waals surface area (Å²) in [6, 6.07) is 4.71. The fourth-order valence-corrected chi connectivity index (χ4v) is 2.52. The molecule has 0 aliphatic heterocycles. The fraction of sp³-hybridized carbons (Fsp3) is 0.353. The van der Waals surface area contributed by atoms with E-state index in [4.69, 9.17) is 0 Å². The number of aryl methyl sites for hydroxylation is 1. The van der Waals surface area contributed by atoms with Crippen LogP contribution in [0.2, 0.25) is 0 Å². The molecule has 0 saturated heterocycles. The largest absolute Gasteiger partial charge is 0.573 e. The van der Waals surface area contributed by atoms with Crippen LogP contribution in [-0.4, -0.2) is 22.2 Å². The molecule has 27 heavy (non-hydrogen) atoms. The maximum atomic E-state index is 12.2. The van der Waals surface area contributed by atoms with E-state index in [0.29, 0.717) is 16.8 Å². The summed E-state index contributed by atoms with van der Waals surface area (Å²) >= 11 is 0. The highest BCUT2D eigenvalue weighted by Crippen LogP contribution is 2.24. The molecule has 2 aromatic rings. The van der Waals surface area contributed by atoms with E-state index in [-0.39, 0.29) is 24.5 Å². The maximum absolute atomic E-state index is 12.2. The third-order valence-corrected chi connectivity index (χ3v) is 3.85. The molecule has 0 bridgehead atoms. The Balaban J connectivity index is 1.94. The van der Waals surface area contributed by atoms with Gasteiger partial charge < -0.3 is 15.0 Å². The first-order chi connectivity index (χ1) is 12.5. The van der Waals surface area contributed by atoms with E-state index >= 15 is 0 Å². The second kappa shape index (κ2) is 8.11. The van der Waals surface area contributed by atoms with Crippen LogP contribution in [0, 0.1) is 6.92 Å². The second-order valence-corrected chi connectivity index (χ2v) is 5.92. The van der Waals surface area contributed by atoms with Crippen LogP contribution in [0.5, 0.6) is 5.75 Å². The first-order valence-electron chi connectivity index (χ1n) is 8.02. The van der Waals surface area contributed by atoms with Crippen molar-refractivity contribution in [3.8, 4) is 5.75 Å². The van der Waals surface area contributed by atoms with Crippen molar-refractivity contribution in [3.63, 3.8) is 0 Å². The van der Waals surface area contributed by atoms with Gasteiger partial charge in [0, 0.05) is 17.7 Å². The molecule has 1 aromatic heterocycles. The van der Waals surface area contributed by atoms with Gasteiger partial charge in [0.2, 0.25) is 5.91 Å². The van der Waals surface area contributed by atoms with E-state index in [1.807, 2.05) is 0 Å². The van der Waals surface area contributed by atoms with Crippen LogP contribution in [0.3, 0.4) is 0 Å². The zero-order valence-corrected chi connectivity index (χ0v) is 14.6. The normalized spacial score (nSPS) is 12.5. The smallest absolute Gasteiger partial charge is 0.406 e. The summed E-state index contributed by atoms with van der Waals surface area (Å²) in [5, 5.41) is 2.70. The third kappa shape index (κ3) is 6.01. The number of ether oxygens (including phenoxy) is 1. The van der Waals surface area contributed by atoms with Crippen molar-refractivity contribution in [1.29, 1.82) is 0 Å². The summed E-state index contributed by atoms with van der Waals surface area (Å²) in [7, 11) is 0. The van der Waals surface area contributed by atoms with Gasteiger partial charge >= 0.3 is 12.1 Å². The Kier molecular flexibility index (Phi) is 6.09. The molecule has 1 amide bonds. The minimum atomic E-state index is -4.76. The van der Waals surface area contributed by atoms with Crippen molar-refractivity contribution in [2.45, 2.75) is 39.1 Å². The van der Waals surface area contributed by atoms with Gasteiger partial charge in [-0.2, -0.15) is 0 Å². The Morgan fingerprint density at radius 1 is 1.19 bits per heavy atom. The van der Waals surface area contributed by atoms with Gasteiger partial charge in [0.15, 0.2) is 0 Å². The summed E-state index contributed by atoms with van der Waals surface area (Å²) in [6.07, 6.45) is -4.62.